The van der Waals surface area contributed by atoms with Gasteiger partial charge in [0.25, 0.3) is 0 Å². The van der Waals surface area contributed by atoms with Crippen molar-refractivity contribution in [2.24, 2.45) is 0 Å². The molecule has 2 aromatic heterocycles. The first-order chi connectivity index (χ1) is 9.26. The fraction of sp³-hybridized carbons (Fsp3) is 0.500. The monoisotopic (exact) mass is 261 g/mol. The van der Waals surface area contributed by atoms with Crippen molar-refractivity contribution in [3.63, 3.8) is 0 Å². The number of methoxy groups -OCH3 is 1. The maximum Gasteiger partial charge on any atom is 0.228 e. The number of hydrogen-bond acceptors (Lipinski definition) is 7. The Morgan fingerprint density at radius 2 is 2.32 bits per heavy atom. The van der Waals surface area contributed by atoms with Crippen LogP contribution in [0.3, 0.4) is 0 Å². The summed E-state index contributed by atoms with van der Waals surface area (Å²) in [6.07, 6.45) is 2.66. The van der Waals surface area contributed by atoms with Crippen molar-refractivity contribution in [3.05, 3.63) is 24.0 Å². The minimum Gasteiger partial charge on any atom is -0.481 e. The lowest BCUT2D eigenvalue weighted by Crippen LogP contribution is -2.21. The van der Waals surface area contributed by atoms with Gasteiger partial charge in [-0.15, -0.1) is 10.2 Å². The van der Waals surface area contributed by atoms with E-state index in [1.54, 1.807) is 26.3 Å². The van der Waals surface area contributed by atoms with Gasteiger partial charge in [0.2, 0.25) is 23.6 Å². The summed E-state index contributed by atoms with van der Waals surface area (Å²) in [6.45, 7) is 3.46. The summed E-state index contributed by atoms with van der Waals surface area (Å²) in [5.41, 5.74) is 0. The average molecular weight is 261 g/mol. The van der Waals surface area contributed by atoms with E-state index >= 15 is 0 Å². The maximum absolute atomic E-state index is 5.48. The van der Waals surface area contributed by atoms with Gasteiger partial charge >= 0.3 is 0 Å². The minimum atomic E-state index is 0.246. The molecule has 1 atom stereocenters. The predicted octanol–water partition coefficient (Wildman–Crippen LogP) is 1.17. The molecule has 0 radical (unpaired) electrons. The molecule has 0 saturated carbocycles. The number of rotatable bonds is 3. The van der Waals surface area contributed by atoms with Gasteiger partial charge in [-0.3, -0.25) is 0 Å². The molecule has 0 spiro atoms. The maximum atomic E-state index is 5.48. The summed E-state index contributed by atoms with van der Waals surface area (Å²) in [4.78, 5) is 10.7. The molecule has 3 heterocycles. The van der Waals surface area contributed by atoms with E-state index < -0.39 is 0 Å². The zero-order valence-electron chi connectivity index (χ0n) is 10.9. The second-order valence-corrected chi connectivity index (χ2v) is 4.49. The number of nitrogens with zero attached hydrogens (tertiary/aromatic N) is 5. The molecular weight excluding hydrogens is 246 g/mol. The van der Waals surface area contributed by atoms with E-state index in [-0.39, 0.29) is 5.92 Å². The first kappa shape index (κ1) is 11.9. The van der Waals surface area contributed by atoms with Crippen molar-refractivity contribution < 1.29 is 9.15 Å². The van der Waals surface area contributed by atoms with Crippen LogP contribution in [0.2, 0.25) is 0 Å². The molecule has 3 rings (SSSR count). The van der Waals surface area contributed by atoms with Crippen LogP contribution in [-0.2, 0) is 0 Å². The molecule has 1 aliphatic rings. The zero-order chi connectivity index (χ0) is 13.2. The Bertz CT molecular complexity index is 571. The van der Waals surface area contributed by atoms with Crippen LogP contribution in [0.15, 0.2) is 16.7 Å². The third-order valence-electron chi connectivity index (χ3n) is 3.19. The van der Waals surface area contributed by atoms with Gasteiger partial charge in [-0.25, -0.2) is 4.98 Å². The fourth-order valence-electron chi connectivity index (χ4n) is 2.22. The second kappa shape index (κ2) is 4.83. The van der Waals surface area contributed by atoms with Crippen molar-refractivity contribution in [1.82, 2.24) is 20.2 Å². The van der Waals surface area contributed by atoms with Crippen molar-refractivity contribution in [2.45, 2.75) is 19.3 Å². The lowest BCUT2D eigenvalue weighted by atomic mass is 10.1. The first-order valence-electron chi connectivity index (χ1n) is 6.18. The second-order valence-electron chi connectivity index (χ2n) is 4.49. The molecule has 0 N–H and O–H groups in total. The Morgan fingerprint density at radius 3 is 3.05 bits per heavy atom. The molecular formula is C12H15N5O2. The number of hydrogen-bond donors (Lipinski definition) is 0. The molecule has 1 saturated heterocycles. The fourth-order valence-corrected chi connectivity index (χ4v) is 2.22. The minimum absolute atomic E-state index is 0.246. The first-order valence-corrected chi connectivity index (χ1v) is 6.18. The Morgan fingerprint density at radius 1 is 1.42 bits per heavy atom. The molecule has 0 unspecified atom stereocenters. The highest BCUT2D eigenvalue weighted by molar-refractivity contribution is 5.34. The van der Waals surface area contributed by atoms with Crippen LogP contribution in [0.5, 0.6) is 5.88 Å². The van der Waals surface area contributed by atoms with Crippen LogP contribution in [0, 0.1) is 6.92 Å². The Hall–Kier alpha value is -2.18. The molecule has 0 bridgehead atoms. The summed E-state index contributed by atoms with van der Waals surface area (Å²) in [5, 5.41) is 7.95. The van der Waals surface area contributed by atoms with E-state index in [1.165, 1.54) is 0 Å². The summed E-state index contributed by atoms with van der Waals surface area (Å²) < 4.78 is 10.6. The van der Waals surface area contributed by atoms with Crippen LogP contribution in [0.4, 0.5) is 5.95 Å². The molecule has 0 aliphatic carbocycles. The SMILES string of the molecule is COc1ccnc(N2CC[C@H](c3nnc(C)o3)C2)n1. The third-order valence-corrected chi connectivity index (χ3v) is 3.19. The Balaban J connectivity index is 1.74. The predicted molar refractivity (Wildman–Crippen MR) is 67.2 cm³/mol. The molecule has 2 aromatic rings. The molecule has 7 heteroatoms. The van der Waals surface area contributed by atoms with E-state index in [2.05, 4.69) is 25.1 Å². The molecule has 0 amide bonds. The normalized spacial score (nSPS) is 18.8. The number of anilines is 1. The van der Waals surface area contributed by atoms with Gasteiger partial charge in [0, 0.05) is 32.3 Å². The Labute approximate surface area is 110 Å². The van der Waals surface area contributed by atoms with Crippen molar-refractivity contribution in [2.75, 3.05) is 25.1 Å². The smallest absolute Gasteiger partial charge is 0.228 e. The molecule has 7 nitrogen and oxygen atoms in total. The topological polar surface area (TPSA) is 77.2 Å². The highest BCUT2D eigenvalue weighted by Gasteiger charge is 2.29. The quantitative estimate of drug-likeness (QED) is 0.820. The van der Waals surface area contributed by atoms with E-state index in [1.807, 2.05) is 0 Å². The zero-order valence-corrected chi connectivity index (χ0v) is 10.9. The molecule has 100 valence electrons. The van der Waals surface area contributed by atoms with Gasteiger partial charge in [0.05, 0.1) is 13.0 Å². The molecule has 0 aromatic carbocycles. The van der Waals surface area contributed by atoms with E-state index in [0.29, 0.717) is 23.6 Å². The van der Waals surface area contributed by atoms with Crippen molar-refractivity contribution in [3.8, 4) is 5.88 Å². The van der Waals surface area contributed by atoms with Crippen LogP contribution < -0.4 is 9.64 Å². The largest absolute Gasteiger partial charge is 0.481 e. The third kappa shape index (κ3) is 2.35. The van der Waals surface area contributed by atoms with E-state index in [0.717, 1.165) is 19.5 Å². The standard InChI is InChI=1S/C12H15N5O2/c1-8-15-16-11(19-8)9-4-6-17(7-9)12-13-5-3-10(14-12)18-2/h3,5,9H,4,6-7H2,1-2H3/t9-/m0/s1. The number of ether oxygens (including phenoxy) is 1. The van der Waals surface area contributed by atoms with Gasteiger partial charge in [0.1, 0.15) is 0 Å². The van der Waals surface area contributed by atoms with Gasteiger partial charge in [-0.2, -0.15) is 4.98 Å². The lowest BCUT2D eigenvalue weighted by Gasteiger charge is -2.15. The van der Waals surface area contributed by atoms with Gasteiger partial charge in [-0.05, 0) is 6.42 Å². The number of aryl methyl sites for hydroxylation is 1. The summed E-state index contributed by atoms with van der Waals surface area (Å²) in [6, 6.07) is 1.73. The van der Waals surface area contributed by atoms with Gasteiger partial charge in [-0.1, -0.05) is 0 Å². The molecule has 1 aliphatic heterocycles. The van der Waals surface area contributed by atoms with Crippen LogP contribution >= 0.6 is 0 Å². The molecule has 19 heavy (non-hydrogen) atoms. The number of aromatic nitrogens is 4. The summed E-state index contributed by atoms with van der Waals surface area (Å²) >= 11 is 0. The van der Waals surface area contributed by atoms with Crippen LogP contribution in [0.25, 0.3) is 0 Å². The van der Waals surface area contributed by atoms with Gasteiger partial charge < -0.3 is 14.1 Å². The summed E-state index contributed by atoms with van der Waals surface area (Å²) in [5.74, 6) is 2.80. The van der Waals surface area contributed by atoms with Crippen molar-refractivity contribution >= 4 is 5.95 Å². The van der Waals surface area contributed by atoms with Gasteiger partial charge in [0.15, 0.2) is 0 Å². The molecule has 1 fully saturated rings. The Kier molecular flexibility index (Phi) is 3.02. The highest BCUT2D eigenvalue weighted by Crippen LogP contribution is 2.28. The van der Waals surface area contributed by atoms with Crippen LogP contribution in [-0.4, -0.2) is 40.4 Å². The highest BCUT2D eigenvalue weighted by atomic mass is 16.5. The van der Waals surface area contributed by atoms with Crippen molar-refractivity contribution in [1.29, 1.82) is 0 Å². The summed E-state index contributed by atoms with van der Waals surface area (Å²) in [7, 11) is 1.60. The van der Waals surface area contributed by atoms with Crippen LogP contribution in [0.1, 0.15) is 24.1 Å². The van der Waals surface area contributed by atoms with E-state index in [4.69, 9.17) is 9.15 Å². The van der Waals surface area contributed by atoms with E-state index in [9.17, 15) is 0 Å². The average Bonchev–Trinajstić information content (AvgIpc) is 3.07. The lowest BCUT2D eigenvalue weighted by molar-refractivity contribution is 0.397.